The summed E-state index contributed by atoms with van der Waals surface area (Å²) in [5.74, 6) is 0.473. The molecule has 1 aromatic heterocycles. The second-order valence-electron chi connectivity index (χ2n) is 5.86. The van der Waals surface area contributed by atoms with E-state index in [2.05, 4.69) is 30.3 Å². The summed E-state index contributed by atoms with van der Waals surface area (Å²) in [5, 5.41) is 0. The topological polar surface area (TPSA) is 37.9 Å². The quantitative estimate of drug-likeness (QED) is 0.902. The Morgan fingerprint density at radius 1 is 1.09 bits per heavy atom. The number of piperazine rings is 1. The van der Waals surface area contributed by atoms with Crippen molar-refractivity contribution in [2.24, 2.45) is 0 Å². The monoisotopic (exact) mass is 299 g/mol. The van der Waals surface area contributed by atoms with Crippen LogP contribution in [0.4, 0.5) is 0 Å². The van der Waals surface area contributed by atoms with Gasteiger partial charge in [0, 0.05) is 6.42 Å². The number of carbonyl (C=O) groups excluding carboxylic acids is 1. The maximum absolute atomic E-state index is 12.2. The van der Waals surface area contributed by atoms with Gasteiger partial charge in [0.25, 0.3) is 5.91 Å². The lowest BCUT2D eigenvalue weighted by atomic mass is 10.1. The molecule has 4 nitrogen and oxygen atoms in total. The van der Waals surface area contributed by atoms with Crippen molar-refractivity contribution < 1.29 is 14.1 Å². The first kappa shape index (κ1) is 14.9. The summed E-state index contributed by atoms with van der Waals surface area (Å²) in [7, 11) is 0. The van der Waals surface area contributed by atoms with Crippen molar-refractivity contribution in [2.45, 2.75) is 12.8 Å². The summed E-state index contributed by atoms with van der Waals surface area (Å²) in [6.07, 6.45) is 3.89. The van der Waals surface area contributed by atoms with Gasteiger partial charge in [-0.25, -0.2) is 0 Å². The molecule has 1 aliphatic heterocycles. The second-order valence-corrected chi connectivity index (χ2v) is 5.86. The molecule has 1 fully saturated rings. The van der Waals surface area contributed by atoms with Crippen LogP contribution in [0.5, 0.6) is 0 Å². The van der Waals surface area contributed by atoms with Gasteiger partial charge >= 0.3 is 0 Å². The van der Waals surface area contributed by atoms with E-state index in [9.17, 15) is 4.79 Å². The first-order valence-corrected chi connectivity index (χ1v) is 8.03. The van der Waals surface area contributed by atoms with Crippen LogP contribution in [0.25, 0.3) is 0 Å². The van der Waals surface area contributed by atoms with Gasteiger partial charge in [0.2, 0.25) is 0 Å². The Bertz CT molecular complexity index is 572. The van der Waals surface area contributed by atoms with E-state index in [-0.39, 0.29) is 5.91 Å². The maximum Gasteiger partial charge on any atom is 0.289 e. The molecule has 0 atom stereocenters. The molecule has 0 saturated carbocycles. The average molecular weight is 299 g/mol. The van der Waals surface area contributed by atoms with Crippen molar-refractivity contribution in [3.8, 4) is 0 Å². The highest BCUT2D eigenvalue weighted by molar-refractivity contribution is 5.91. The molecule has 2 heterocycles. The van der Waals surface area contributed by atoms with E-state index in [0.29, 0.717) is 5.76 Å². The zero-order valence-electron chi connectivity index (χ0n) is 12.8. The Morgan fingerprint density at radius 3 is 2.55 bits per heavy atom. The van der Waals surface area contributed by atoms with Gasteiger partial charge in [-0.15, -0.1) is 0 Å². The van der Waals surface area contributed by atoms with Gasteiger partial charge in [-0.1, -0.05) is 30.3 Å². The molecule has 1 amide bonds. The summed E-state index contributed by atoms with van der Waals surface area (Å²) in [6.45, 7) is 4.88. The van der Waals surface area contributed by atoms with E-state index in [1.807, 2.05) is 4.90 Å². The Morgan fingerprint density at radius 2 is 1.86 bits per heavy atom. The number of aryl methyl sites for hydroxylation is 1. The van der Waals surface area contributed by atoms with E-state index in [0.717, 1.165) is 32.6 Å². The van der Waals surface area contributed by atoms with Gasteiger partial charge < -0.3 is 14.2 Å². The predicted octanol–water partition coefficient (Wildman–Crippen LogP) is 1.25. The molecule has 3 rings (SSSR count). The average Bonchev–Trinajstić information content (AvgIpc) is 3.10. The van der Waals surface area contributed by atoms with Crippen LogP contribution in [0.15, 0.2) is 53.1 Å². The minimum Gasteiger partial charge on any atom is -0.459 e. The zero-order chi connectivity index (χ0) is 15.2. The number of benzene rings is 1. The summed E-state index contributed by atoms with van der Waals surface area (Å²) >= 11 is 0. The molecule has 0 unspecified atom stereocenters. The van der Waals surface area contributed by atoms with Crippen molar-refractivity contribution in [1.82, 2.24) is 4.90 Å². The molecule has 0 aliphatic carbocycles. The predicted molar refractivity (Wildman–Crippen MR) is 84.9 cm³/mol. The summed E-state index contributed by atoms with van der Waals surface area (Å²) < 4.78 is 5.19. The van der Waals surface area contributed by atoms with Crippen molar-refractivity contribution in [3.63, 3.8) is 0 Å². The maximum atomic E-state index is 12.2. The first-order valence-electron chi connectivity index (χ1n) is 8.03. The third-order valence-corrected chi connectivity index (χ3v) is 4.33. The van der Waals surface area contributed by atoms with Crippen LogP contribution in [-0.2, 0) is 6.42 Å². The van der Waals surface area contributed by atoms with Crippen molar-refractivity contribution in [1.29, 1.82) is 0 Å². The first-order chi connectivity index (χ1) is 10.8. The van der Waals surface area contributed by atoms with Crippen molar-refractivity contribution in [3.05, 3.63) is 60.1 Å². The van der Waals surface area contributed by atoms with E-state index in [1.165, 1.54) is 18.5 Å². The van der Waals surface area contributed by atoms with Crippen LogP contribution in [0, 0.1) is 0 Å². The fourth-order valence-electron chi connectivity index (χ4n) is 3.02. The normalized spacial score (nSPS) is 15.9. The summed E-state index contributed by atoms with van der Waals surface area (Å²) in [4.78, 5) is 15.7. The van der Waals surface area contributed by atoms with Gasteiger partial charge in [0.1, 0.15) is 0 Å². The zero-order valence-corrected chi connectivity index (χ0v) is 12.8. The van der Waals surface area contributed by atoms with Gasteiger partial charge in [0.05, 0.1) is 39.0 Å². The van der Waals surface area contributed by atoms with E-state index in [4.69, 9.17) is 4.42 Å². The van der Waals surface area contributed by atoms with Crippen LogP contribution in [0.1, 0.15) is 22.5 Å². The molecule has 4 heteroatoms. The highest BCUT2D eigenvalue weighted by atomic mass is 16.3. The van der Waals surface area contributed by atoms with E-state index >= 15 is 0 Å². The molecular weight excluding hydrogens is 276 g/mol. The molecule has 22 heavy (non-hydrogen) atoms. The van der Waals surface area contributed by atoms with Gasteiger partial charge in [-0.3, -0.25) is 4.79 Å². The number of amides is 1. The van der Waals surface area contributed by atoms with Crippen LogP contribution in [0.3, 0.4) is 0 Å². The number of hydrogen-bond donors (Lipinski definition) is 1. The molecule has 0 spiro atoms. The van der Waals surface area contributed by atoms with Gasteiger partial charge in [-0.2, -0.15) is 0 Å². The van der Waals surface area contributed by atoms with Crippen LogP contribution in [-0.4, -0.2) is 43.5 Å². The molecule has 116 valence electrons. The Labute approximate surface area is 131 Å². The third-order valence-electron chi connectivity index (χ3n) is 4.33. The lowest BCUT2D eigenvalue weighted by molar-refractivity contribution is -0.904. The van der Waals surface area contributed by atoms with Crippen molar-refractivity contribution in [2.75, 3.05) is 32.7 Å². The van der Waals surface area contributed by atoms with E-state index < -0.39 is 0 Å². The van der Waals surface area contributed by atoms with Crippen LogP contribution >= 0.6 is 0 Å². The highest BCUT2D eigenvalue weighted by Gasteiger charge is 2.25. The minimum atomic E-state index is 0.0216. The Hall–Kier alpha value is -2.07. The second kappa shape index (κ2) is 7.27. The molecule has 0 radical (unpaired) electrons. The molecule has 1 aliphatic rings. The number of furan rings is 1. The van der Waals surface area contributed by atoms with Crippen molar-refractivity contribution >= 4 is 5.91 Å². The lowest BCUT2D eigenvalue weighted by Crippen LogP contribution is -3.14. The fraction of sp³-hybridized carbons (Fsp3) is 0.389. The number of nitrogens with one attached hydrogen (secondary N) is 1. The molecule has 1 saturated heterocycles. The Balaban J connectivity index is 1.39. The van der Waals surface area contributed by atoms with Gasteiger partial charge in [-0.05, 0) is 24.1 Å². The van der Waals surface area contributed by atoms with E-state index in [1.54, 1.807) is 23.3 Å². The smallest absolute Gasteiger partial charge is 0.289 e. The minimum absolute atomic E-state index is 0.0216. The highest BCUT2D eigenvalue weighted by Crippen LogP contribution is 2.06. The lowest BCUT2D eigenvalue weighted by Gasteiger charge is -2.31. The number of hydrogen-bond acceptors (Lipinski definition) is 2. The Kier molecular flexibility index (Phi) is 4.91. The summed E-state index contributed by atoms with van der Waals surface area (Å²) in [6, 6.07) is 14.1. The number of carbonyl (C=O) groups is 1. The molecule has 0 bridgehead atoms. The largest absolute Gasteiger partial charge is 0.459 e. The number of quaternary nitrogens is 1. The van der Waals surface area contributed by atoms with Gasteiger partial charge in [0.15, 0.2) is 5.76 Å². The standard InChI is InChI=1S/C18H22N2O2/c21-18(17-9-5-15-22-17)20-13-11-19(12-14-20)10-4-8-16-6-2-1-3-7-16/h1-3,5-7,9,15H,4,8,10-14H2/p+1. The molecular formula is C18H23N2O2+. The summed E-state index contributed by atoms with van der Waals surface area (Å²) in [5.41, 5.74) is 1.41. The SMILES string of the molecule is O=C(c1ccco1)N1CC[NH+](CCCc2ccccc2)CC1. The number of rotatable bonds is 5. The fourth-order valence-corrected chi connectivity index (χ4v) is 3.02. The van der Waals surface area contributed by atoms with Crippen LogP contribution < -0.4 is 4.90 Å². The third kappa shape index (κ3) is 3.77. The molecule has 1 N–H and O–H groups in total. The molecule has 2 aromatic rings. The number of nitrogens with zero attached hydrogens (tertiary/aromatic N) is 1. The molecule has 1 aromatic carbocycles. The van der Waals surface area contributed by atoms with Crippen LogP contribution in [0.2, 0.25) is 0 Å².